The minimum atomic E-state index is -0.237. The molecule has 1 amide bonds. The van der Waals surface area contributed by atoms with Crippen molar-refractivity contribution in [2.45, 2.75) is 6.92 Å². The van der Waals surface area contributed by atoms with Gasteiger partial charge >= 0.3 is 0 Å². The summed E-state index contributed by atoms with van der Waals surface area (Å²) >= 11 is 11.7. The summed E-state index contributed by atoms with van der Waals surface area (Å²) in [7, 11) is 0. The first-order valence-corrected chi connectivity index (χ1v) is 6.01. The van der Waals surface area contributed by atoms with Gasteiger partial charge in [0.25, 0.3) is 5.91 Å². The number of hydrogen-bond donors (Lipinski definition) is 1. The van der Waals surface area contributed by atoms with E-state index in [4.69, 9.17) is 23.2 Å². The van der Waals surface area contributed by atoms with Gasteiger partial charge in [0.15, 0.2) is 0 Å². The minimum absolute atomic E-state index is 0.237. The fraction of sp³-hybridized carbons (Fsp3) is 0.0769. The van der Waals surface area contributed by atoms with E-state index < -0.39 is 0 Å². The summed E-state index contributed by atoms with van der Waals surface area (Å²) in [6.07, 6.45) is 1.64. The van der Waals surface area contributed by atoms with Gasteiger partial charge in [0.2, 0.25) is 0 Å². The molecule has 0 saturated heterocycles. The molecule has 0 aliphatic carbocycles. The van der Waals surface area contributed by atoms with Crippen molar-refractivity contribution >= 4 is 34.8 Å². The van der Waals surface area contributed by atoms with Gasteiger partial charge in [-0.2, -0.15) is 0 Å². The quantitative estimate of drug-likeness (QED) is 0.905. The van der Waals surface area contributed by atoms with E-state index in [1.54, 1.807) is 43.5 Å². The number of pyridine rings is 1. The zero-order valence-electron chi connectivity index (χ0n) is 9.58. The highest BCUT2D eigenvalue weighted by atomic mass is 35.5. The number of halogens is 2. The second kappa shape index (κ2) is 5.38. The van der Waals surface area contributed by atoms with E-state index in [0.717, 1.165) is 0 Å². The summed E-state index contributed by atoms with van der Waals surface area (Å²) in [5.41, 5.74) is 1.75. The third-order valence-electron chi connectivity index (χ3n) is 2.37. The average Bonchev–Trinajstić information content (AvgIpc) is 2.27. The van der Waals surface area contributed by atoms with E-state index in [9.17, 15) is 4.79 Å². The molecule has 0 bridgehead atoms. The van der Waals surface area contributed by atoms with Gasteiger partial charge in [-0.05, 0) is 37.3 Å². The molecular weight excluding hydrogens is 271 g/mol. The summed E-state index contributed by atoms with van der Waals surface area (Å²) in [6, 6.07) is 8.30. The fourth-order valence-corrected chi connectivity index (χ4v) is 2.07. The highest BCUT2D eigenvalue weighted by Crippen LogP contribution is 2.23. The molecule has 2 rings (SSSR count). The van der Waals surface area contributed by atoms with Crippen molar-refractivity contribution in [3.63, 3.8) is 0 Å². The predicted molar refractivity (Wildman–Crippen MR) is 73.4 cm³/mol. The van der Waals surface area contributed by atoms with Gasteiger partial charge < -0.3 is 5.32 Å². The molecule has 0 radical (unpaired) electrons. The molecule has 1 heterocycles. The van der Waals surface area contributed by atoms with Crippen LogP contribution in [0.4, 0.5) is 5.69 Å². The maximum atomic E-state index is 12.0. The van der Waals surface area contributed by atoms with Crippen molar-refractivity contribution < 1.29 is 4.79 Å². The Balaban J connectivity index is 2.24. The number of amides is 1. The molecule has 0 spiro atoms. The van der Waals surface area contributed by atoms with Crippen LogP contribution in [0, 0.1) is 6.92 Å². The van der Waals surface area contributed by atoms with Crippen LogP contribution in [-0.2, 0) is 0 Å². The first-order valence-electron chi connectivity index (χ1n) is 5.25. The predicted octanol–water partition coefficient (Wildman–Crippen LogP) is 3.95. The number of rotatable bonds is 2. The third kappa shape index (κ3) is 3.00. The second-order valence-electron chi connectivity index (χ2n) is 3.75. The van der Waals surface area contributed by atoms with Gasteiger partial charge in [-0.15, -0.1) is 0 Å². The third-order valence-corrected chi connectivity index (χ3v) is 2.81. The first-order chi connectivity index (χ1) is 8.56. The molecule has 0 saturated carbocycles. The van der Waals surface area contributed by atoms with E-state index in [2.05, 4.69) is 10.3 Å². The molecule has 1 aromatic carbocycles. The molecule has 0 aliphatic heterocycles. The van der Waals surface area contributed by atoms with Crippen molar-refractivity contribution in [1.29, 1.82) is 0 Å². The number of aryl methyl sites for hydroxylation is 1. The summed E-state index contributed by atoms with van der Waals surface area (Å²) in [5, 5.41) is 3.68. The lowest BCUT2D eigenvalue weighted by Gasteiger charge is -2.07. The van der Waals surface area contributed by atoms with Crippen LogP contribution in [0.1, 0.15) is 16.1 Å². The number of carbonyl (C=O) groups is 1. The van der Waals surface area contributed by atoms with E-state index in [1.807, 2.05) is 0 Å². The Labute approximate surface area is 115 Å². The number of nitrogens with one attached hydrogen (secondary N) is 1. The van der Waals surface area contributed by atoms with Crippen LogP contribution in [0.25, 0.3) is 0 Å². The summed E-state index contributed by atoms with van der Waals surface area (Å²) < 4.78 is 0. The Kier molecular flexibility index (Phi) is 3.84. The molecule has 2 aromatic rings. The van der Waals surface area contributed by atoms with E-state index in [-0.39, 0.29) is 5.91 Å². The number of benzene rings is 1. The van der Waals surface area contributed by atoms with Crippen LogP contribution >= 0.6 is 23.2 Å². The number of aromatic nitrogens is 1. The van der Waals surface area contributed by atoms with E-state index in [0.29, 0.717) is 27.0 Å². The SMILES string of the molecule is Cc1ncccc1C(=O)Nc1cc(Cl)cc(Cl)c1. The first kappa shape index (κ1) is 12.9. The van der Waals surface area contributed by atoms with Gasteiger partial charge in [-0.3, -0.25) is 9.78 Å². The normalized spacial score (nSPS) is 10.2. The topological polar surface area (TPSA) is 42.0 Å². The maximum Gasteiger partial charge on any atom is 0.257 e. The van der Waals surface area contributed by atoms with Crippen molar-refractivity contribution in [3.8, 4) is 0 Å². The van der Waals surface area contributed by atoms with Crippen molar-refractivity contribution in [3.05, 3.63) is 57.8 Å². The van der Waals surface area contributed by atoms with Crippen LogP contribution in [0.15, 0.2) is 36.5 Å². The van der Waals surface area contributed by atoms with E-state index in [1.165, 1.54) is 0 Å². The van der Waals surface area contributed by atoms with Crippen molar-refractivity contribution in [1.82, 2.24) is 4.98 Å². The Morgan fingerprint density at radius 2 is 1.89 bits per heavy atom. The van der Waals surface area contributed by atoms with Crippen LogP contribution in [-0.4, -0.2) is 10.9 Å². The molecular formula is C13H10Cl2N2O. The molecule has 92 valence electrons. The van der Waals surface area contributed by atoms with Crippen LogP contribution in [0.2, 0.25) is 10.0 Å². The Bertz CT molecular complexity index is 579. The second-order valence-corrected chi connectivity index (χ2v) is 4.62. The van der Waals surface area contributed by atoms with Gasteiger partial charge in [0.05, 0.1) is 5.56 Å². The fourth-order valence-electron chi connectivity index (χ4n) is 1.55. The summed E-state index contributed by atoms with van der Waals surface area (Å²) in [4.78, 5) is 16.1. The molecule has 1 N–H and O–H groups in total. The highest BCUT2D eigenvalue weighted by molar-refractivity contribution is 6.35. The largest absolute Gasteiger partial charge is 0.322 e. The smallest absolute Gasteiger partial charge is 0.257 e. The number of anilines is 1. The van der Waals surface area contributed by atoms with Crippen LogP contribution < -0.4 is 5.32 Å². The molecule has 0 fully saturated rings. The number of nitrogens with zero attached hydrogens (tertiary/aromatic N) is 1. The van der Waals surface area contributed by atoms with Gasteiger partial charge in [-0.25, -0.2) is 0 Å². The van der Waals surface area contributed by atoms with Crippen LogP contribution in [0.3, 0.4) is 0 Å². The Hall–Kier alpha value is -1.58. The molecule has 3 nitrogen and oxygen atoms in total. The lowest BCUT2D eigenvalue weighted by molar-refractivity contribution is 0.102. The summed E-state index contributed by atoms with van der Waals surface area (Å²) in [5.74, 6) is -0.237. The zero-order chi connectivity index (χ0) is 13.1. The van der Waals surface area contributed by atoms with Gasteiger partial charge in [-0.1, -0.05) is 23.2 Å². The molecule has 0 atom stereocenters. The number of hydrogen-bond acceptors (Lipinski definition) is 2. The standard InChI is InChI=1S/C13H10Cl2N2O/c1-8-12(3-2-4-16-8)13(18)17-11-6-9(14)5-10(15)7-11/h2-7H,1H3,(H,17,18). The van der Waals surface area contributed by atoms with Crippen LogP contribution in [0.5, 0.6) is 0 Å². The summed E-state index contributed by atoms with van der Waals surface area (Å²) in [6.45, 7) is 1.78. The lowest BCUT2D eigenvalue weighted by atomic mass is 10.2. The minimum Gasteiger partial charge on any atom is -0.322 e. The zero-order valence-corrected chi connectivity index (χ0v) is 11.1. The van der Waals surface area contributed by atoms with E-state index >= 15 is 0 Å². The molecule has 1 aromatic heterocycles. The van der Waals surface area contributed by atoms with Crippen molar-refractivity contribution in [2.75, 3.05) is 5.32 Å². The molecule has 0 unspecified atom stereocenters. The average molecular weight is 281 g/mol. The van der Waals surface area contributed by atoms with Gasteiger partial charge in [0.1, 0.15) is 0 Å². The number of carbonyl (C=O) groups excluding carboxylic acids is 1. The monoisotopic (exact) mass is 280 g/mol. The van der Waals surface area contributed by atoms with Gasteiger partial charge in [0, 0.05) is 27.6 Å². The lowest BCUT2D eigenvalue weighted by Crippen LogP contribution is -2.13. The highest BCUT2D eigenvalue weighted by Gasteiger charge is 2.10. The molecule has 0 aliphatic rings. The molecule has 18 heavy (non-hydrogen) atoms. The van der Waals surface area contributed by atoms with Crippen molar-refractivity contribution in [2.24, 2.45) is 0 Å². The Morgan fingerprint density at radius 1 is 1.22 bits per heavy atom. The molecule has 5 heteroatoms. The maximum absolute atomic E-state index is 12.0. The Morgan fingerprint density at radius 3 is 2.50 bits per heavy atom.